The second-order valence-electron chi connectivity index (χ2n) is 4.53. The van der Waals surface area contributed by atoms with Crippen LogP contribution in [0.1, 0.15) is 24.8 Å². The number of rotatable bonds is 3. The largest absolute Gasteiger partial charge is 0.480 e. The van der Waals surface area contributed by atoms with Gasteiger partial charge in [0.05, 0.1) is 0 Å². The Bertz CT molecular complexity index is 451. The molecule has 1 aromatic rings. The van der Waals surface area contributed by atoms with E-state index in [9.17, 15) is 13.6 Å². The van der Waals surface area contributed by atoms with Gasteiger partial charge in [-0.25, -0.2) is 8.78 Å². The number of nitrogens with zero attached hydrogens (tertiary/aromatic N) is 1. The van der Waals surface area contributed by atoms with Crippen LogP contribution < -0.4 is 0 Å². The Morgan fingerprint density at radius 1 is 1.39 bits per heavy atom. The van der Waals surface area contributed by atoms with E-state index in [4.69, 9.17) is 5.11 Å². The van der Waals surface area contributed by atoms with E-state index in [0.29, 0.717) is 13.0 Å². The van der Waals surface area contributed by atoms with E-state index in [1.54, 1.807) is 4.90 Å². The zero-order valence-electron chi connectivity index (χ0n) is 9.90. The number of carboxylic acids is 1. The van der Waals surface area contributed by atoms with Crippen molar-refractivity contribution in [2.75, 3.05) is 6.54 Å². The number of likely N-dealkylation sites (tertiary alicyclic amines) is 1. The molecule has 1 atom stereocenters. The van der Waals surface area contributed by atoms with Gasteiger partial charge in [0.25, 0.3) is 0 Å². The zero-order chi connectivity index (χ0) is 13.1. The lowest BCUT2D eigenvalue weighted by Crippen LogP contribution is -2.44. The standard InChI is InChI=1S/C13H15F2NO2/c14-10-5-3-4-9(12(10)15)8-16-7-2-1-6-11(16)13(17)18/h3-5,11H,1-2,6-8H2,(H,17,18). The predicted octanol–water partition coefficient (Wildman–Crippen LogP) is 2.40. The van der Waals surface area contributed by atoms with Crippen LogP contribution in [0.5, 0.6) is 0 Å². The first kappa shape index (κ1) is 13.0. The molecule has 1 aromatic carbocycles. The Hall–Kier alpha value is -1.49. The molecular weight excluding hydrogens is 240 g/mol. The molecule has 5 heteroatoms. The molecule has 0 aromatic heterocycles. The van der Waals surface area contributed by atoms with Crippen LogP contribution in [0.25, 0.3) is 0 Å². The Morgan fingerprint density at radius 2 is 2.17 bits per heavy atom. The van der Waals surface area contributed by atoms with Gasteiger partial charge in [-0.1, -0.05) is 18.6 Å². The fourth-order valence-corrected chi connectivity index (χ4v) is 2.35. The minimum atomic E-state index is -0.897. The van der Waals surface area contributed by atoms with Crippen molar-refractivity contribution >= 4 is 5.97 Å². The fraction of sp³-hybridized carbons (Fsp3) is 0.462. The highest BCUT2D eigenvalue weighted by molar-refractivity contribution is 5.73. The molecule has 1 unspecified atom stereocenters. The van der Waals surface area contributed by atoms with Gasteiger partial charge < -0.3 is 5.11 Å². The van der Waals surface area contributed by atoms with Crippen LogP contribution in [-0.4, -0.2) is 28.6 Å². The van der Waals surface area contributed by atoms with Crippen LogP contribution in [0.15, 0.2) is 18.2 Å². The normalized spacial score (nSPS) is 20.9. The lowest BCUT2D eigenvalue weighted by atomic mass is 10.0. The third-order valence-electron chi connectivity index (χ3n) is 3.30. The Morgan fingerprint density at radius 3 is 2.89 bits per heavy atom. The highest BCUT2D eigenvalue weighted by Crippen LogP contribution is 2.21. The number of carbonyl (C=O) groups is 1. The molecule has 1 aliphatic heterocycles. The van der Waals surface area contributed by atoms with Crippen LogP contribution in [0, 0.1) is 11.6 Å². The first-order valence-electron chi connectivity index (χ1n) is 5.99. The van der Waals surface area contributed by atoms with E-state index in [1.807, 2.05) is 0 Å². The number of aliphatic carboxylic acids is 1. The molecule has 0 bridgehead atoms. The zero-order valence-corrected chi connectivity index (χ0v) is 9.90. The maximum Gasteiger partial charge on any atom is 0.320 e. The molecule has 18 heavy (non-hydrogen) atoms. The first-order chi connectivity index (χ1) is 8.59. The van der Waals surface area contributed by atoms with Crippen LogP contribution in [0.2, 0.25) is 0 Å². The number of benzene rings is 1. The predicted molar refractivity (Wildman–Crippen MR) is 62.0 cm³/mol. The van der Waals surface area contributed by atoms with Crippen LogP contribution in [0.4, 0.5) is 8.78 Å². The molecule has 1 N–H and O–H groups in total. The van der Waals surface area contributed by atoms with Gasteiger partial charge in [-0.2, -0.15) is 0 Å². The molecule has 3 nitrogen and oxygen atoms in total. The van der Waals surface area contributed by atoms with E-state index in [1.165, 1.54) is 12.1 Å². The summed E-state index contributed by atoms with van der Waals surface area (Å²) in [6.07, 6.45) is 2.31. The van der Waals surface area contributed by atoms with Crippen molar-refractivity contribution in [3.8, 4) is 0 Å². The second kappa shape index (κ2) is 5.44. The van der Waals surface area contributed by atoms with Gasteiger partial charge in [0.1, 0.15) is 6.04 Å². The van der Waals surface area contributed by atoms with E-state index in [0.717, 1.165) is 18.9 Å². The molecule has 0 saturated carbocycles. The molecule has 0 radical (unpaired) electrons. The van der Waals surface area contributed by atoms with Crippen molar-refractivity contribution in [1.82, 2.24) is 4.90 Å². The van der Waals surface area contributed by atoms with E-state index < -0.39 is 23.6 Å². The summed E-state index contributed by atoms with van der Waals surface area (Å²) in [5, 5.41) is 9.10. The van der Waals surface area contributed by atoms with Crippen molar-refractivity contribution in [2.24, 2.45) is 0 Å². The Labute approximate surface area is 104 Å². The van der Waals surface area contributed by atoms with Gasteiger partial charge in [-0.3, -0.25) is 9.69 Å². The molecule has 1 aliphatic rings. The molecule has 2 rings (SSSR count). The molecule has 0 aliphatic carbocycles. The van der Waals surface area contributed by atoms with Gasteiger partial charge in [-0.15, -0.1) is 0 Å². The SMILES string of the molecule is O=C(O)C1CCCCN1Cc1cccc(F)c1F. The molecule has 1 fully saturated rings. The minimum absolute atomic E-state index is 0.139. The summed E-state index contributed by atoms with van der Waals surface area (Å²) in [4.78, 5) is 12.8. The highest BCUT2D eigenvalue weighted by Gasteiger charge is 2.28. The maximum absolute atomic E-state index is 13.5. The van der Waals surface area contributed by atoms with Crippen molar-refractivity contribution in [3.05, 3.63) is 35.4 Å². The van der Waals surface area contributed by atoms with Gasteiger partial charge in [0, 0.05) is 12.1 Å². The topological polar surface area (TPSA) is 40.5 Å². The van der Waals surface area contributed by atoms with Crippen molar-refractivity contribution in [1.29, 1.82) is 0 Å². The second-order valence-corrected chi connectivity index (χ2v) is 4.53. The van der Waals surface area contributed by atoms with E-state index >= 15 is 0 Å². The smallest absolute Gasteiger partial charge is 0.320 e. The van der Waals surface area contributed by atoms with Crippen LogP contribution in [-0.2, 0) is 11.3 Å². The Balaban J connectivity index is 2.16. The molecule has 98 valence electrons. The average molecular weight is 255 g/mol. The summed E-state index contributed by atoms with van der Waals surface area (Å²) in [5.74, 6) is -2.67. The highest BCUT2D eigenvalue weighted by atomic mass is 19.2. The summed E-state index contributed by atoms with van der Waals surface area (Å²) >= 11 is 0. The lowest BCUT2D eigenvalue weighted by molar-refractivity contribution is -0.144. The maximum atomic E-state index is 13.5. The van der Waals surface area contributed by atoms with Crippen molar-refractivity contribution in [3.63, 3.8) is 0 Å². The summed E-state index contributed by atoms with van der Waals surface area (Å²) in [6, 6.07) is 3.39. The molecule has 0 amide bonds. The van der Waals surface area contributed by atoms with E-state index in [-0.39, 0.29) is 12.1 Å². The fourth-order valence-electron chi connectivity index (χ4n) is 2.35. The molecule has 0 spiro atoms. The molecule has 1 heterocycles. The van der Waals surface area contributed by atoms with Crippen LogP contribution in [0.3, 0.4) is 0 Å². The third kappa shape index (κ3) is 2.67. The number of hydrogen-bond acceptors (Lipinski definition) is 2. The van der Waals surface area contributed by atoms with Gasteiger partial charge >= 0.3 is 5.97 Å². The van der Waals surface area contributed by atoms with Gasteiger partial charge in [0.2, 0.25) is 0 Å². The lowest BCUT2D eigenvalue weighted by Gasteiger charge is -2.32. The van der Waals surface area contributed by atoms with E-state index in [2.05, 4.69) is 0 Å². The summed E-state index contributed by atoms with van der Waals surface area (Å²) < 4.78 is 26.6. The van der Waals surface area contributed by atoms with Gasteiger partial charge in [0.15, 0.2) is 11.6 Å². The monoisotopic (exact) mass is 255 g/mol. The quantitative estimate of drug-likeness (QED) is 0.901. The number of piperidine rings is 1. The van der Waals surface area contributed by atoms with Crippen molar-refractivity contribution in [2.45, 2.75) is 31.8 Å². The molecular formula is C13H15F2NO2. The average Bonchev–Trinajstić information content (AvgIpc) is 2.35. The number of halogens is 2. The first-order valence-corrected chi connectivity index (χ1v) is 5.99. The summed E-state index contributed by atoms with van der Waals surface area (Å²) in [5.41, 5.74) is 0.211. The van der Waals surface area contributed by atoms with Crippen LogP contribution >= 0.6 is 0 Å². The molecule has 1 saturated heterocycles. The minimum Gasteiger partial charge on any atom is -0.480 e. The Kier molecular flexibility index (Phi) is 3.91. The van der Waals surface area contributed by atoms with Gasteiger partial charge in [-0.05, 0) is 25.5 Å². The van der Waals surface area contributed by atoms with Crippen molar-refractivity contribution < 1.29 is 18.7 Å². The number of hydrogen-bond donors (Lipinski definition) is 1. The number of carboxylic acid groups (broad SMARTS) is 1. The summed E-state index contributed by atoms with van der Waals surface area (Å²) in [6.45, 7) is 0.744. The third-order valence-corrected chi connectivity index (χ3v) is 3.30. The summed E-state index contributed by atoms with van der Waals surface area (Å²) in [7, 11) is 0.